The molecule has 0 saturated carbocycles. The molecule has 0 saturated heterocycles. The van der Waals surface area contributed by atoms with Crippen molar-refractivity contribution in [3.8, 4) is 0 Å². The summed E-state index contributed by atoms with van der Waals surface area (Å²) >= 11 is 11.7. The predicted octanol–water partition coefficient (Wildman–Crippen LogP) is 3.04. The molecule has 9 nitrogen and oxygen atoms in total. The number of aryl methyl sites for hydroxylation is 1. The van der Waals surface area contributed by atoms with Crippen molar-refractivity contribution in [3.63, 3.8) is 0 Å². The maximum Gasteiger partial charge on any atom is 0.263 e. The monoisotopic (exact) mass is 454 g/mol. The molecule has 0 bridgehead atoms. The van der Waals surface area contributed by atoms with E-state index in [2.05, 4.69) is 25.3 Å². The van der Waals surface area contributed by atoms with Crippen molar-refractivity contribution >= 4 is 50.6 Å². The molecule has 2 heterocycles. The molecule has 12 heteroatoms. The third-order valence-corrected chi connectivity index (χ3v) is 6.03. The number of sulfonamides is 1. The lowest BCUT2D eigenvalue weighted by Gasteiger charge is -2.09. The van der Waals surface area contributed by atoms with Crippen molar-refractivity contribution in [2.24, 2.45) is 0 Å². The minimum Gasteiger partial charge on any atom is -0.324 e. The van der Waals surface area contributed by atoms with Crippen molar-refractivity contribution < 1.29 is 13.2 Å². The first kappa shape index (κ1) is 21.0. The first-order valence-corrected chi connectivity index (χ1v) is 10.5. The number of rotatable bonds is 6. The van der Waals surface area contributed by atoms with E-state index in [0.29, 0.717) is 22.1 Å². The largest absolute Gasteiger partial charge is 0.324 e. The maximum atomic E-state index is 12.4. The number of nitrogens with one attached hydrogen (secondary N) is 2. The zero-order chi connectivity index (χ0) is 21.2. The van der Waals surface area contributed by atoms with Gasteiger partial charge in [0.2, 0.25) is 5.91 Å². The molecule has 3 aromatic rings. The summed E-state index contributed by atoms with van der Waals surface area (Å²) in [6, 6.07) is 8.50. The number of carbonyl (C=O) groups is 1. The summed E-state index contributed by atoms with van der Waals surface area (Å²) in [6.07, 6.45) is 0. The molecule has 0 unspecified atom stereocenters. The summed E-state index contributed by atoms with van der Waals surface area (Å²) in [7, 11) is -3.86. The van der Waals surface area contributed by atoms with Gasteiger partial charge in [0.05, 0.1) is 21.3 Å². The highest BCUT2D eigenvalue weighted by Gasteiger charge is 2.16. The molecule has 0 spiro atoms. The van der Waals surface area contributed by atoms with E-state index in [1.807, 2.05) is 0 Å². The van der Waals surface area contributed by atoms with Gasteiger partial charge in [-0.15, -0.1) is 10.2 Å². The number of carbonyl (C=O) groups excluding carboxylic acids is 1. The van der Waals surface area contributed by atoms with Crippen LogP contribution in [0.4, 0.5) is 11.5 Å². The van der Waals surface area contributed by atoms with Gasteiger partial charge in [-0.05, 0) is 50.2 Å². The van der Waals surface area contributed by atoms with Gasteiger partial charge >= 0.3 is 0 Å². The smallest absolute Gasteiger partial charge is 0.263 e. The number of hydrogen-bond donors (Lipinski definition) is 2. The van der Waals surface area contributed by atoms with Crippen LogP contribution >= 0.6 is 23.2 Å². The lowest BCUT2D eigenvalue weighted by atomic mass is 10.3. The average molecular weight is 455 g/mol. The van der Waals surface area contributed by atoms with Crippen molar-refractivity contribution in [2.75, 3.05) is 10.0 Å². The van der Waals surface area contributed by atoms with E-state index in [-0.39, 0.29) is 28.3 Å². The molecule has 3 rings (SSSR count). The fourth-order valence-electron chi connectivity index (χ4n) is 2.45. The Morgan fingerprint density at radius 3 is 2.31 bits per heavy atom. The van der Waals surface area contributed by atoms with Gasteiger partial charge in [0.1, 0.15) is 6.54 Å². The lowest BCUT2D eigenvalue weighted by Crippen LogP contribution is -2.20. The first-order chi connectivity index (χ1) is 13.7. The van der Waals surface area contributed by atoms with Crippen LogP contribution in [-0.4, -0.2) is 34.3 Å². The molecular formula is C17H16Cl2N6O3S. The van der Waals surface area contributed by atoms with Crippen molar-refractivity contribution in [3.05, 3.63) is 58.0 Å². The van der Waals surface area contributed by atoms with Crippen LogP contribution in [0, 0.1) is 13.8 Å². The van der Waals surface area contributed by atoms with Crippen LogP contribution in [0.25, 0.3) is 0 Å². The Labute approximate surface area is 177 Å². The number of benzene rings is 1. The van der Waals surface area contributed by atoms with Crippen molar-refractivity contribution in [1.82, 2.24) is 20.0 Å². The first-order valence-electron chi connectivity index (χ1n) is 8.27. The van der Waals surface area contributed by atoms with Crippen LogP contribution in [0.1, 0.15) is 11.4 Å². The average Bonchev–Trinajstić information content (AvgIpc) is 2.90. The zero-order valence-electron chi connectivity index (χ0n) is 15.3. The van der Waals surface area contributed by atoms with Crippen LogP contribution < -0.4 is 10.0 Å². The number of anilines is 2. The summed E-state index contributed by atoms with van der Waals surface area (Å²) in [5.41, 5.74) is 1.77. The topological polar surface area (TPSA) is 119 Å². The molecule has 2 aromatic heterocycles. The number of amides is 1. The second kappa shape index (κ2) is 8.36. The van der Waals surface area contributed by atoms with E-state index in [0.717, 1.165) is 0 Å². The van der Waals surface area contributed by atoms with Crippen LogP contribution in [0.15, 0.2) is 41.3 Å². The Morgan fingerprint density at radius 1 is 1.07 bits per heavy atom. The van der Waals surface area contributed by atoms with Crippen molar-refractivity contribution in [1.29, 1.82) is 0 Å². The summed E-state index contributed by atoms with van der Waals surface area (Å²) in [6.45, 7) is 3.51. The van der Waals surface area contributed by atoms with Gasteiger partial charge in [0.25, 0.3) is 10.0 Å². The number of aromatic nitrogens is 4. The van der Waals surface area contributed by atoms with Gasteiger partial charge in [-0.25, -0.2) is 8.42 Å². The minimum atomic E-state index is -3.86. The molecular weight excluding hydrogens is 439 g/mol. The van der Waals surface area contributed by atoms with Gasteiger partial charge in [-0.3, -0.25) is 14.2 Å². The fraction of sp³-hybridized carbons (Fsp3) is 0.176. The molecule has 152 valence electrons. The highest BCUT2D eigenvalue weighted by atomic mass is 35.5. The van der Waals surface area contributed by atoms with E-state index in [1.165, 1.54) is 41.1 Å². The van der Waals surface area contributed by atoms with Gasteiger partial charge in [-0.2, -0.15) is 5.10 Å². The molecule has 29 heavy (non-hydrogen) atoms. The third kappa shape index (κ3) is 5.03. The molecule has 1 aromatic carbocycles. The van der Waals surface area contributed by atoms with E-state index in [9.17, 15) is 13.2 Å². The molecule has 0 aliphatic carbocycles. The van der Waals surface area contributed by atoms with E-state index in [4.69, 9.17) is 23.2 Å². The molecule has 2 N–H and O–H groups in total. The quantitative estimate of drug-likeness (QED) is 0.590. The van der Waals surface area contributed by atoms with Crippen LogP contribution in [0.3, 0.4) is 0 Å². The Bertz CT molecular complexity index is 1150. The number of hydrogen-bond acceptors (Lipinski definition) is 6. The van der Waals surface area contributed by atoms with Gasteiger partial charge in [0, 0.05) is 5.69 Å². The second-order valence-electron chi connectivity index (χ2n) is 6.06. The summed E-state index contributed by atoms with van der Waals surface area (Å²) in [5, 5.41) is 14.8. The summed E-state index contributed by atoms with van der Waals surface area (Å²) in [4.78, 5) is 12.2. The highest BCUT2D eigenvalue weighted by molar-refractivity contribution is 7.92. The standard InChI is InChI=1S/C17H16Cl2N6O3S/c1-10-17(19)11(2)25(23-10)9-16(26)20-12-3-5-13(6-4-12)29(27,28)24-15-8-7-14(18)21-22-15/h3-8H,9H2,1-2H3,(H,20,26)(H,22,24). The van der Waals surface area contributed by atoms with Crippen LogP contribution in [-0.2, 0) is 21.4 Å². The molecule has 0 aliphatic rings. The molecule has 0 aliphatic heterocycles. The lowest BCUT2D eigenvalue weighted by molar-refractivity contribution is -0.116. The van der Waals surface area contributed by atoms with E-state index < -0.39 is 10.0 Å². The van der Waals surface area contributed by atoms with Crippen LogP contribution in [0.2, 0.25) is 10.2 Å². The van der Waals surface area contributed by atoms with Gasteiger partial charge in [-0.1, -0.05) is 23.2 Å². The Hall–Kier alpha value is -2.69. The minimum absolute atomic E-state index is 0.00224. The van der Waals surface area contributed by atoms with Crippen LogP contribution in [0.5, 0.6) is 0 Å². The SMILES string of the molecule is Cc1nn(CC(=O)Nc2ccc(S(=O)(=O)Nc3ccc(Cl)nn3)cc2)c(C)c1Cl. The third-order valence-electron chi connectivity index (χ3n) is 3.91. The highest BCUT2D eigenvalue weighted by Crippen LogP contribution is 2.20. The Balaban J connectivity index is 1.66. The second-order valence-corrected chi connectivity index (χ2v) is 8.51. The normalized spacial score (nSPS) is 11.3. The number of halogens is 2. The Morgan fingerprint density at radius 2 is 1.76 bits per heavy atom. The molecule has 0 radical (unpaired) electrons. The van der Waals surface area contributed by atoms with E-state index >= 15 is 0 Å². The molecule has 1 amide bonds. The Kier molecular flexibility index (Phi) is 6.06. The van der Waals surface area contributed by atoms with Gasteiger partial charge in [0.15, 0.2) is 11.0 Å². The predicted molar refractivity (Wildman–Crippen MR) is 110 cm³/mol. The molecule has 0 atom stereocenters. The zero-order valence-corrected chi connectivity index (χ0v) is 17.7. The number of nitrogens with zero attached hydrogens (tertiary/aromatic N) is 4. The van der Waals surface area contributed by atoms with E-state index in [1.54, 1.807) is 13.8 Å². The molecule has 0 fully saturated rings. The maximum absolute atomic E-state index is 12.4. The fourth-order valence-corrected chi connectivity index (χ4v) is 3.68. The van der Waals surface area contributed by atoms with Crippen molar-refractivity contribution in [2.45, 2.75) is 25.3 Å². The summed E-state index contributed by atoms with van der Waals surface area (Å²) in [5.74, 6) is -0.284. The summed E-state index contributed by atoms with van der Waals surface area (Å²) < 4.78 is 28.6. The van der Waals surface area contributed by atoms with Gasteiger partial charge < -0.3 is 5.32 Å².